The van der Waals surface area contributed by atoms with Crippen molar-refractivity contribution in [3.8, 4) is 0 Å². The van der Waals surface area contributed by atoms with Crippen molar-refractivity contribution >= 4 is 11.6 Å². The Morgan fingerprint density at radius 3 is 2.50 bits per heavy atom. The van der Waals surface area contributed by atoms with Crippen molar-refractivity contribution in [2.75, 3.05) is 6.54 Å². The number of hydroxylamine groups is 2. The quantitative estimate of drug-likeness (QED) is 0.775. The van der Waals surface area contributed by atoms with Gasteiger partial charge in [-0.05, 0) is 37.0 Å². The molecule has 2 nitrogen and oxygen atoms in total. The molecule has 0 bridgehead atoms. The molecule has 1 aliphatic rings. The van der Waals surface area contributed by atoms with Crippen molar-refractivity contribution < 1.29 is 5.21 Å². The minimum Gasteiger partial charge on any atom is -0.314 e. The van der Waals surface area contributed by atoms with Crippen LogP contribution in [0, 0.1) is 0 Å². The fraction of sp³-hybridized carbons (Fsp3) is 0.455. The van der Waals surface area contributed by atoms with Crippen LogP contribution in [0.4, 0.5) is 0 Å². The van der Waals surface area contributed by atoms with Crippen molar-refractivity contribution in [2.24, 2.45) is 0 Å². The van der Waals surface area contributed by atoms with Gasteiger partial charge >= 0.3 is 0 Å². The molecule has 2 rings (SSSR count). The molecule has 1 aliphatic carbocycles. The summed E-state index contributed by atoms with van der Waals surface area (Å²) in [7, 11) is 0. The minimum atomic E-state index is 0.419. The number of benzene rings is 1. The summed E-state index contributed by atoms with van der Waals surface area (Å²) in [5.74, 6) is 0. The van der Waals surface area contributed by atoms with Crippen molar-refractivity contribution in [3.63, 3.8) is 0 Å². The summed E-state index contributed by atoms with van der Waals surface area (Å²) in [6.07, 6.45) is 3.15. The van der Waals surface area contributed by atoms with E-state index in [2.05, 4.69) is 0 Å². The maximum absolute atomic E-state index is 9.51. The van der Waals surface area contributed by atoms with Crippen molar-refractivity contribution in [1.29, 1.82) is 0 Å². The predicted octanol–water partition coefficient (Wildman–Crippen LogP) is 2.74. The Labute approximate surface area is 89.1 Å². The van der Waals surface area contributed by atoms with Gasteiger partial charge in [-0.2, -0.15) is 5.06 Å². The lowest BCUT2D eigenvalue weighted by molar-refractivity contribution is -0.0982. The second-order valence-electron chi connectivity index (χ2n) is 3.77. The molecule has 76 valence electrons. The molecule has 0 aliphatic heterocycles. The average molecular weight is 212 g/mol. The molecule has 0 unspecified atom stereocenters. The topological polar surface area (TPSA) is 23.5 Å². The van der Waals surface area contributed by atoms with Gasteiger partial charge in [0.1, 0.15) is 0 Å². The lowest BCUT2D eigenvalue weighted by Crippen LogP contribution is -2.24. The normalized spacial score (nSPS) is 16.2. The van der Waals surface area contributed by atoms with E-state index in [1.807, 2.05) is 24.3 Å². The van der Waals surface area contributed by atoms with E-state index in [1.54, 1.807) is 0 Å². The highest BCUT2D eigenvalue weighted by atomic mass is 35.5. The lowest BCUT2D eigenvalue weighted by Gasteiger charge is -2.12. The molecule has 0 amide bonds. The maximum atomic E-state index is 9.51. The summed E-state index contributed by atoms with van der Waals surface area (Å²) in [5.41, 5.74) is 1.22. The SMILES string of the molecule is ON(CCc1ccc(Cl)cc1)C1CC1. The molecule has 0 saturated heterocycles. The van der Waals surface area contributed by atoms with Gasteiger partial charge in [0.15, 0.2) is 0 Å². The van der Waals surface area contributed by atoms with Gasteiger partial charge in [0, 0.05) is 17.6 Å². The Morgan fingerprint density at radius 1 is 1.29 bits per heavy atom. The Hall–Kier alpha value is -0.570. The first-order valence-electron chi connectivity index (χ1n) is 4.95. The van der Waals surface area contributed by atoms with Crippen LogP contribution in [0.1, 0.15) is 18.4 Å². The van der Waals surface area contributed by atoms with Gasteiger partial charge in [-0.25, -0.2) is 0 Å². The fourth-order valence-corrected chi connectivity index (χ4v) is 1.58. The van der Waals surface area contributed by atoms with Crippen molar-refractivity contribution in [3.05, 3.63) is 34.9 Å². The number of rotatable bonds is 4. The van der Waals surface area contributed by atoms with Crippen LogP contribution >= 0.6 is 11.6 Å². The summed E-state index contributed by atoms with van der Waals surface area (Å²) in [6.45, 7) is 0.715. The van der Waals surface area contributed by atoms with E-state index < -0.39 is 0 Å². The number of nitrogens with zero attached hydrogens (tertiary/aromatic N) is 1. The summed E-state index contributed by atoms with van der Waals surface area (Å²) in [5, 5.41) is 11.7. The first-order chi connectivity index (χ1) is 6.75. The second kappa shape index (κ2) is 4.30. The van der Waals surface area contributed by atoms with Gasteiger partial charge in [0.25, 0.3) is 0 Å². The molecule has 1 fully saturated rings. The molecule has 0 atom stereocenters. The molecule has 0 radical (unpaired) electrons. The number of hydrogen-bond donors (Lipinski definition) is 1. The Morgan fingerprint density at radius 2 is 1.93 bits per heavy atom. The van der Waals surface area contributed by atoms with Crippen LogP contribution in [0.3, 0.4) is 0 Å². The van der Waals surface area contributed by atoms with E-state index in [-0.39, 0.29) is 0 Å². The highest BCUT2D eigenvalue weighted by molar-refractivity contribution is 6.30. The van der Waals surface area contributed by atoms with Gasteiger partial charge in [-0.15, -0.1) is 0 Å². The van der Waals surface area contributed by atoms with Gasteiger partial charge in [-0.1, -0.05) is 23.7 Å². The third-order valence-corrected chi connectivity index (χ3v) is 2.76. The van der Waals surface area contributed by atoms with E-state index in [1.165, 1.54) is 10.6 Å². The van der Waals surface area contributed by atoms with E-state index in [0.29, 0.717) is 12.6 Å². The molecule has 0 spiro atoms. The Bertz CT molecular complexity index is 295. The molecule has 1 aromatic carbocycles. The highest BCUT2D eigenvalue weighted by Gasteiger charge is 2.27. The first-order valence-corrected chi connectivity index (χ1v) is 5.33. The summed E-state index contributed by atoms with van der Waals surface area (Å²) >= 11 is 5.78. The monoisotopic (exact) mass is 211 g/mol. The lowest BCUT2D eigenvalue weighted by atomic mass is 10.1. The van der Waals surface area contributed by atoms with Crippen molar-refractivity contribution in [1.82, 2.24) is 5.06 Å². The Kier molecular flexibility index (Phi) is 3.06. The standard InChI is InChI=1S/C11H14ClNO/c12-10-3-1-9(2-4-10)7-8-13(14)11-5-6-11/h1-4,11,14H,5-8H2. The third-order valence-electron chi connectivity index (χ3n) is 2.51. The van der Waals surface area contributed by atoms with Crippen LogP contribution in [0.2, 0.25) is 5.02 Å². The van der Waals surface area contributed by atoms with Gasteiger partial charge in [0.05, 0.1) is 0 Å². The molecule has 3 heteroatoms. The van der Waals surface area contributed by atoms with Gasteiger partial charge < -0.3 is 5.21 Å². The van der Waals surface area contributed by atoms with Crippen LogP contribution < -0.4 is 0 Å². The first kappa shape index (κ1) is 9.97. The summed E-state index contributed by atoms with van der Waals surface area (Å²) in [6, 6.07) is 8.19. The van der Waals surface area contributed by atoms with E-state index >= 15 is 0 Å². The second-order valence-corrected chi connectivity index (χ2v) is 4.21. The van der Waals surface area contributed by atoms with E-state index in [4.69, 9.17) is 11.6 Å². The van der Waals surface area contributed by atoms with Crippen LogP contribution in [0.25, 0.3) is 0 Å². The number of halogens is 1. The van der Waals surface area contributed by atoms with Crippen LogP contribution in [-0.2, 0) is 6.42 Å². The molecule has 1 N–H and O–H groups in total. The smallest absolute Gasteiger partial charge is 0.0406 e. The number of hydrogen-bond acceptors (Lipinski definition) is 2. The fourth-order valence-electron chi connectivity index (χ4n) is 1.45. The molecule has 1 saturated carbocycles. The zero-order valence-corrected chi connectivity index (χ0v) is 8.74. The highest BCUT2D eigenvalue weighted by Crippen LogP contribution is 2.25. The zero-order chi connectivity index (χ0) is 9.97. The van der Waals surface area contributed by atoms with Gasteiger partial charge in [0.2, 0.25) is 0 Å². The molecular formula is C11H14ClNO. The van der Waals surface area contributed by atoms with E-state index in [0.717, 1.165) is 24.3 Å². The van der Waals surface area contributed by atoms with Crippen molar-refractivity contribution in [2.45, 2.75) is 25.3 Å². The third kappa shape index (κ3) is 2.71. The van der Waals surface area contributed by atoms with Crippen LogP contribution in [-0.4, -0.2) is 22.9 Å². The maximum Gasteiger partial charge on any atom is 0.0406 e. The molecule has 1 aromatic rings. The largest absolute Gasteiger partial charge is 0.314 e. The molecular weight excluding hydrogens is 198 g/mol. The van der Waals surface area contributed by atoms with Crippen LogP contribution in [0.15, 0.2) is 24.3 Å². The zero-order valence-electron chi connectivity index (χ0n) is 7.99. The molecule has 0 heterocycles. The molecule has 0 aromatic heterocycles. The Balaban J connectivity index is 1.82. The van der Waals surface area contributed by atoms with Gasteiger partial charge in [-0.3, -0.25) is 0 Å². The minimum absolute atomic E-state index is 0.419. The molecule has 14 heavy (non-hydrogen) atoms. The van der Waals surface area contributed by atoms with E-state index in [9.17, 15) is 5.21 Å². The van der Waals surface area contributed by atoms with Crippen LogP contribution in [0.5, 0.6) is 0 Å². The average Bonchev–Trinajstić information content (AvgIpc) is 3.00. The summed E-state index contributed by atoms with van der Waals surface area (Å²) < 4.78 is 0. The summed E-state index contributed by atoms with van der Waals surface area (Å²) in [4.78, 5) is 0. The predicted molar refractivity (Wildman–Crippen MR) is 56.7 cm³/mol.